The van der Waals surface area contributed by atoms with E-state index in [1.807, 2.05) is 11.0 Å². The summed E-state index contributed by atoms with van der Waals surface area (Å²) in [6, 6.07) is 1.34. The Hall–Kier alpha value is -2.51. The van der Waals surface area contributed by atoms with E-state index in [2.05, 4.69) is 0 Å². The van der Waals surface area contributed by atoms with E-state index < -0.39 is 11.9 Å². The summed E-state index contributed by atoms with van der Waals surface area (Å²) in [5.74, 6) is -0.619. The van der Waals surface area contributed by atoms with E-state index in [0.29, 0.717) is 38.3 Å². The van der Waals surface area contributed by atoms with Crippen LogP contribution in [0, 0.1) is 5.92 Å². The number of primary amides is 2. The molecule has 1 aromatic heterocycles. The topological polar surface area (TPSA) is 115 Å². The van der Waals surface area contributed by atoms with Gasteiger partial charge in [0.05, 0.1) is 12.5 Å². The Balaban J connectivity index is 1.74. The number of nitrogens with two attached hydrogens (primary N) is 2. The lowest BCUT2D eigenvalue weighted by Crippen LogP contribution is -2.49. The van der Waals surface area contributed by atoms with Gasteiger partial charge >= 0.3 is 6.03 Å². The smallest absolute Gasteiger partial charge is 0.314 e. The number of hydrogen-bond donors (Lipinski definition) is 2. The second-order valence-corrected chi connectivity index (χ2v) is 6.56. The zero-order valence-corrected chi connectivity index (χ0v) is 13.8. The molecule has 0 spiro atoms. The van der Waals surface area contributed by atoms with E-state index in [-0.39, 0.29) is 11.8 Å². The van der Waals surface area contributed by atoms with Gasteiger partial charge in [-0.15, -0.1) is 0 Å². The van der Waals surface area contributed by atoms with Crippen molar-refractivity contribution in [3.63, 3.8) is 0 Å². The van der Waals surface area contributed by atoms with Crippen LogP contribution in [0.25, 0.3) is 0 Å². The van der Waals surface area contributed by atoms with Crippen molar-refractivity contribution in [2.45, 2.75) is 25.8 Å². The molecule has 1 atom stereocenters. The summed E-state index contributed by atoms with van der Waals surface area (Å²) in [5, 5.41) is 0. The van der Waals surface area contributed by atoms with E-state index in [4.69, 9.17) is 11.5 Å². The standard InChI is InChI=1S/C16H23N5O3/c1-19-12(14(17)22)7-10-4-6-20(9-13(10)19)15(23)11-3-2-5-21(8-11)16(18)24/h7,11H,2-6,8-9H2,1H3,(H2,17,22)(H2,18,24). The number of amides is 4. The first-order valence-corrected chi connectivity index (χ1v) is 8.19. The molecule has 0 saturated carbocycles. The van der Waals surface area contributed by atoms with E-state index >= 15 is 0 Å². The second-order valence-electron chi connectivity index (χ2n) is 6.56. The van der Waals surface area contributed by atoms with Gasteiger partial charge in [0.1, 0.15) is 5.69 Å². The zero-order chi connectivity index (χ0) is 17.4. The summed E-state index contributed by atoms with van der Waals surface area (Å²) in [5.41, 5.74) is 13.2. The summed E-state index contributed by atoms with van der Waals surface area (Å²) in [6.45, 7) is 2.08. The number of rotatable bonds is 2. The molecule has 1 aromatic rings. The minimum Gasteiger partial charge on any atom is -0.364 e. The summed E-state index contributed by atoms with van der Waals surface area (Å²) in [7, 11) is 1.79. The Morgan fingerprint density at radius 3 is 2.58 bits per heavy atom. The van der Waals surface area contributed by atoms with E-state index in [1.54, 1.807) is 11.6 Å². The third-order valence-corrected chi connectivity index (χ3v) is 5.09. The van der Waals surface area contributed by atoms with Crippen LogP contribution in [0.1, 0.15) is 34.6 Å². The lowest BCUT2D eigenvalue weighted by Gasteiger charge is -2.35. The molecule has 3 rings (SSSR count). The molecule has 1 fully saturated rings. The van der Waals surface area contributed by atoms with Gasteiger partial charge in [-0.1, -0.05) is 0 Å². The normalized spacial score (nSPS) is 20.6. The summed E-state index contributed by atoms with van der Waals surface area (Å²) in [4.78, 5) is 39.0. The second kappa shape index (κ2) is 6.18. The van der Waals surface area contributed by atoms with Crippen molar-refractivity contribution in [1.82, 2.24) is 14.4 Å². The lowest BCUT2D eigenvalue weighted by atomic mass is 9.95. The average molecular weight is 333 g/mol. The molecule has 0 radical (unpaired) electrons. The number of piperidine rings is 1. The molecule has 1 unspecified atom stereocenters. The van der Waals surface area contributed by atoms with Crippen molar-refractivity contribution in [2.24, 2.45) is 24.4 Å². The first kappa shape index (κ1) is 16.4. The highest BCUT2D eigenvalue weighted by atomic mass is 16.2. The maximum Gasteiger partial charge on any atom is 0.314 e. The van der Waals surface area contributed by atoms with Crippen LogP contribution in [0.15, 0.2) is 6.07 Å². The average Bonchev–Trinajstić information content (AvgIpc) is 2.91. The molecule has 8 nitrogen and oxygen atoms in total. The highest BCUT2D eigenvalue weighted by Crippen LogP contribution is 2.26. The summed E-state index contributed by atoms with van der Waals surface area (Å²) >= 11 is 0. The largest absolute Gasteiger partial charge is 0.364 e. The highest BCUT2D eigenvalue weighted by Gasteiger charge is 2.33. The third-order valence-electron chi connectivity index (χ3n) is 5.09. The first-order chi connectivity index (χ1) is 11.4. The molecule has 1 saturated heterocycles. The Bertz CT molecular complexity index is 696. The number of likely N-dealkylation sites (tertiary alicyclic amines) is 1. The maximum absolute atomic E-state index is 12.8. The van der Waals surface area contributed by atoms with E-state index in [9.17, 15) is 14.4 Å². The molecule has 2 aliphatic rings. The molecule has 130 valence electrons. The fourth-order valence-electron chi connectivity index (χ4n) is 3.71. The van der Waals surface area contributed by atoms with Crippen LogP contribution in [0.4, 0.5) is 4.79 Å². The van der Waals surface area contributed by atoms with Gasteiger partial charge in [-0.05, 0) is 30.9 Å². The van der Waals surface area contributed by atoms with Gasteiger partial charge in [-0.3, -0.25) is 9.59 Å². The molecule has 2 aliphatic heterocycles. The predicted octanol–water partition coefficient (Wildman–Crippen LogP) is -0.201. The third kappa shape index (κ3) is 2.83. The van der Waals surface area contributed by atoms with Crippen molar-refractivity contribution < 1.29 is 14.4 Å². The van der Waals surface area contributed by atoms with Crippen LogP contribution in [0.5, 0.6) is 0 Å². The number of carbonyl (C=O) groups excluding carboxylic acids is 3. The number of aromatic nitrogens is 1. The van der Waals surface area contributed by atoms with Crippen LogP contribution >= 0.6 is 0 Å². The molecule has 0 bridgehead atoms. The number of hydrogen-bond acceptors (Lipinski definition) is 3. The maximum atomic E-state index is 12.8. The van der Waals surface area contributed by atoms with E-state index in [0.717, 1.165) is 24.1 Å². The summed E-state index contributed by atoms with van der Waals surface area (Å²) < 4.78 is 1.77. The van der Waals surface area contributed by atoms with Crippen molar-refractivity contribution in [1.29, 1.82) is 0 Å². The van der Waals surface area contributed by atoms with Crippen LogP contribution in [-0.2, 0) is 24.8 Å². The Labute approximate surface area is 140 Å². The molecule has 24 heavy (non-hydrogen) atoms. The Kier molecular flexibility index (Phi) is 4.21. The van der Waals surface area contributed by atoms with Gasteiger partial charge in [0, 0.05) is 32.4 Å². The molecule has 3 heterocycles. The molecule has 8 heteroatoms. The minimum absolute atomic E-state index is 0.0495. The van der Waals surface area contributed by atoms with E-state index in [1.165, 1.54) is 4.90 Å². The van der Waals surface area contributed by atoms with Crippen molar-refractivity contribution in [3.8, 4) is 0 Å². The van der Waals surface area contributed by atoms with Gasteiger partial charge in [-0.2, -0.15) is 0 Å². The van der Waals surface area contributed by atoms with Crippen molar-refractivity contribution >= 4 is 17.8 Å². The number of nitrogens with zero attached hydrogens (tertiary/aromatic N) is 3. The monoisotopic (exact) mass is 333 g/mol. The fraction of sp³-hybridized carbons (Fsp3) is 0.562. The predicted molar refractivity (Wildman–Crippen MR) is 86.9 cm³/mol. The molecule has 0 aromatic carbocycles. The van der Waals surface area contributed by atoms with Crippen LogP contribution in [0.3, 0.4) is 0 Å². The number of fused-ring (bicyclic) bond motifs is 1. The zero-order valence-electron chi connectivity index (χ0n) is 13.8. The molecular weight excluding hydrogens is 310 g/mol. The van der Waals surface area contributed by atoms with Crippen molar-refractivity contribution in [2.75, 3.05) is 19.6 Å². The highest BCUT2D eigenvalue weighted by molar-refractivity contribution is 5.92. The van der Waals surface area contributed by atoms with Gasteiger partial charge in [-0.25, -0.2) is 4.79 Å². The van der Waals surface area contributed by atoms with Gasteiger partial charge in [0.15, 0.2) is 0 Å². The van der Waals surface area contributed by atoms with Crippen molar-refractivity contribution in [3.05, 3.63) is 23.0 Å². The quantitative estimate of drug-likeness (QED) is 0.781. The van der Waals surface area contributed by atoms with Crippen LogP contribution in [-0.4, -0.2) is 51.8 Å². The number of urea groups is 1. The first-order valence-electron chi connectivity index (χ1n) is 8.19. The van der Waals surface area contributed by atoms with Crippen LogP contribution < -0.4 is 11.5 Å². The molecule has 4 N–H and O–H groups in total. The Morgan fingerprint density at radius 1 is 1.17 bits per heavy atom. The summed E-state index contributed by atoms with van der Waals surface area (Å²) in [6.07, 6.45) is 2.26. The van der Waals surface area contributed by atoms with Gasteiger partial charge in [0.25, 0.3) is 5.91 Å². The SMILES string of the molecule is Cn1c(C(N)=O)cc2c1CN(C(=O)C1CCCN(C(N)=O)C1)CC2. The van der Waals surface area contributed by atoms with Crippen LogP contribution in [0.2, 0.25) is 0 Å². The Morgan fingerprint density at radius 2 is 1.92 bits per heavy atom. The van der Waals surface area contributed by atoms with Gasteiger partial charge in [0.2, 0.25) is 5.91 Å². The number of carbonyl (C=O) groups is 3. The lowest BCUT2D eigenvalue weighted by molar-refractivity contribution is -0.138. The molecular formula is C16H23N5O3. The fourth-order valence-corrected chi connectivity index (χ4v) is 3.71. The molecule has 0 aliphatic carbocycles. The minimum atomic E-state index is -0.470. The molecule has 4 amide bonds. The van der Waals surface area contributed by atoms with Gasteiger partial charge < -0.3 is 25.8 Å².